The maximum atomic E-state index is 14.4. The van der Waals surface area contributed by atoms with Gasteiger partial charge in [-0.2, -0.15) is 26.3 Å². The minimum atomic E-state index is -5.77. The first-order valence-corrected chi connectivity index (χ1v) is 13.5. The van der Waals surface area contributed by atoms with E-state index in [0.29, 0.717) is 30.8 Å². The summed E-state index contributed by atoms with van der Waals surface area (Å²) in [6, 6.07) is 10.3. The van der Waals surface area contributed by atoms with Crippen LogP contribution in [0.2, 0.25) is 0 Å². The quantitative estimate of drug-likeness (QED) is 0.239. The zero-order valence-corrected chi connectivity index (χ0v) is 23.0. The minimum absolute atomic E-state index is 0.0798. The fraction of sp³-hybridized carbons (Fsp3) is 0.519. The highest BCUT2D eigenvalue weighted by atomic mass is 79.9. The molecule has 1 heterocycles. The maximum Gasteiger partial charge on any atom is 0.430 e. The number of hydrogen-bond acceptors (Lipinski definition) is 3. The number of piperazine rings is 1. The molecule has 38 heavy (non-hydrogen) atoms. The van der Waals surface area contributed by atoms with Crippen LogP contribution < -0.4 is 4.90 Å². The molecule has 0 aromatic heterocycles. The van der Waals surface area contributed by atoms with Gasteiger partial charge in [-0.3, -0.25) is 4.79 Å². The van der Waals surface area contributed by atoms with Gasteiger partial charge in [-0.15, -0.1) is 0 Å². The number of alkyl halides is 7. The molecule has 0 radical (unpaired) electrons. The number of carbonyl (C=O) groups is 1. The first-order chi connectivity index (χ1) is 17.8. The molecule has 0 N–H and O–H groups in total. The van der Waals surface area contributed by atoms with Gasteiger partial charge in [0.1, 0.15) is 0 Å². The average Bonchev–Trinajstić information content (AvgIpc) is 2.84. The highest BCUT2D eigenvalue weighted by Crippen LogP contribution is 2.54. The van der Waals surface area contributed by atoms with E-state index in [4.69, 9.17) is 4.74 Å². The zero-order valence-electron chi connectivity index (χ0n) is 21.4. The van der Waals surface area contributed by atoms with Crippen molar-refractivity contribution >= 4 is 27.5 Å². The van der Waals surface area contributed by atoms with Crippen molar-refractivity contribution in [2.75, 3.05) is 23.3 Å². The Kier molecular flexibility index (Phi) is 9.45. The molecule has 3 rings (SSSR count). The largest absolute Gasteiger partial charge is 0.430 e. The Bertz CT molecular complexity index is 1080. The molecule has 0 bridgehead atoms. The molecule has 1 aliphatic rings. The lowest BCUT2D eigenvalue weighted by Gasteiger charge is -2.46. The van der Waals surface area contributed by atoms with Gasteiger partial charge < -0.3 is 14.5 Å². The topological polar surface area (TPSA) is 32.8 Å². The summed E-state index contributed by atoms with van der Waals surface area (Å²) in [7, 11) is 0. The number of carbonyl (C=O) groups excluding carboxylic acids is 1. The summed E-state index contributed by atoms with van der Waals surface area (Å²) in [5.74, 6) is -0.0798. The highest BCUT2D eigenvalue weighted by Gasteiger charge is 2.73. The Morgan fingerprint density at radius 3 is 2.16 bits per heavy atom. The zero-order chi connectivity index (χ0) is 28.3. The molecule has 1 aliphatic heterocycles. The number of anilines is 1. The van der Waals surface area contributed by atoms with Gasteiger partial charge in [0.2, 0.25) is 5.91 Å². The van der Waals surface area contributed by atoms with Crippen LogP contribution in [0, 0.1) is 0 Å². The predicted octanol–water partition coefficient (Wildman–Crippen LogP) is 7.00. The third kappa shape index (κ3) is 5.98. The van der Waals surface area contributed by atoms with E-state index in [2.05, 4.69) is 15.9 Å². The molecule has 0 spiro atoms. The number of halogens is 7. The summed E-state index contributed by atoms with van der Waals surface area (Å²) < 4.78 is 91.2. The van der Waals surface area contributed by atoms with Crippen molar-refractivity contribution in [3.63, 3.8) is 0 Å². The Balaban J connectivity index is 2.08. The number of hydrogen-bond donors (Lipinski definition) is 0. The Labute approximate surface area is 227 Å². The second kappa shape index (κ2) is 11.9. The van der Waals surface area contributed by atoms with Crippen LogP contribution in [-0.4, -0.2) is 53.7 Å². The van der Waals surface area contributed by atoms with Crippen molar-refractivity contribution in [1.29, 1.82) is 0 Å². The molecule has 2 aromatic rings. The van der Waals surface area contributed by atoms with Crippen molar-refractivity contribution < 1.29 is 35.9 Å². The second-order valence-electron chi connectivity index (χ2n) is 9.57. The van der Waals surface area contributed by atoms with E-state index in [1.807, 2.05) is 25.7 Å². The maximum absolute atomic E-state index is 14.4. The molecule has 1 saturated heterocycles. The summed E-state index contributed by atoms with van der Waals surface area (Å²) in [6.07, 6.45) is -10.8. The van der Waals surface area contributed by atoms with E-state index >= 15 is 0 Å². The molecule has 0 unspecified atom stereocenters. The summed E-state index contributed by atoms with van der Waals surface area (Å²) in [4.78, 5) is 15.9. The van der Waals surface area contributed by atoms with Crippen LogP contribution in [0.25, 0.3) is 0 Å². The van der Waals surface area contributed by atoms with Crippen molar-refractivity contribution in [1.82, 2.24) is 4.90 Å². The number of amides is 1. The van der Waals surface area contributed by atoms with Crippen LogP contribution in [0.1, 0.15) is 43.9 Å². The highest BCUT2D eigenvalue weighted by molar-refractivity contribution is 9.09. The lowest BCUT2D eigenvalue weighted by Crippen LogP contribution is -2.58. The van der Waals surface area contributed by atoms with E-state index < -0.39 is 30.1 Å². The number of ether oxygens (including phenoxy) is 1. The van der Waals surface area contributed by atoms with Gasteiger partial charge in [0.25, 0.3) is 5.60 Å². The third-order valence-corrected chi connectivity index (χ3v) is 7.31. The van der Waals surface area contributed by atoms with Crippen LogP contribution in [0.4, 0.5) is 32.0 Å². The van der Waals surface area contributed by atoms with Gasteiger partial charge in [0.05, 0.1) is 11.9 Å². The Hall–Kier alpha value is -2.27. The molecule has 1 amide bonds. The Morgan fingerprint density at radius 1 is 0.974 bits per heavy atom. The number of rotatable bonds is 8. The Morgan fingerprint density at radius 2 is 1.61 bits per heavy atom. The molecular formula is C27H31BrF6N2O2. The van der Waals surface area contributed by atoms with Gasteiger partial charge in [-0.1, -0.05) is 71.7 Å². The third-order valence-electron chi connectivity index (χ3n) is 6.83. The molecular weight excluding hydrogens is 578 g/mol. The second-order valence-corrected chi connectivity index (χ2v) is 10.1. The lowest BCUT2D eigenvalue weighted by molar-refractivity contribution is -0.392. The summed E-state index contributed by atoms with van der Waals surface area (Å²) in [6.45, 7) is 5.45. The molecule has 4 nitrogen and oxygen atoms in total. The van der Waals surface area contributed by atoms with Crippen LogP contribution >= 0.6 is 15.9 Å². The van der Waals surface area contributed by atoms with E-state index in [1.54, 1.807) is 11.0 Å². The predicted molar refractivity (Wildman–Crippen MR) is 137 cm³/mol. The van der Waals surface area contributed by atoms with Crippen LogP contribution in [0.5, 0.6) is 0 Å². The van der Waals surface area contributed by atoms with Gasteiger partial charge in [0, 0.05) is 36.4 Å². The fourth-order valence-electron chi connectivity index (χ4n) is 4.94. The monoisotopic (exact) mass is 608 g/mol. The van der Waals surface area contributed by atoms with E-state index in [9.17, 15) is 31.1 Å². The van der Waals surface area contributed by atoms with Crippen molar-refractivity contribution in [2.45, 2.75) is 70.3 Å². The molecule has 0 aliphatic carbocycles. The van der Waals surface area contributed by atoms with E-state index in [0.717, 1.165) is 12.1 Å². The average molecular weight is 609 g/mol. The van der Waals surface area contributed by atoms with Crippen molar-refractivity contribution in [2.24, 2.45) is 0 Å². The molecule has 2 atom stereocenters. The summed E-state index contributed by atoms with van der Waals surface area (Å²) in [5, 5.41) is 0.166. The fourth-order valence-corrected chi connectivity index (χ4v) is 5.26. The van der Waals surface area contributed by atoms with Crippen LogP contribution in [0.3, 0.4) is 0 Å². The van der Waals surface area contributed by atoms with Crippen molar-refractivity contribution in [3.05, 3.63) is 65.2 Å². The standard InChI is InChI=1S/C27H31BrF6N2O2/c1-4-8-21-13-22(11-12-23(21)35-15-19(3)36(16-18(35)2)24(37)14-28)25(26(29,30)31,27(32,33)34)38-17-20-9-6-5-7-10-20/h5-7,9-13,18-19H,4,8,14-17H2,1-3H3/t18-,19+/m1/s1. The minimum Gasteiger partial charge on any atom is -0.365 e. The first-order valence-electron chi connectivity index (χ1n) is 12.3. The van der Waals surface area contributed by atoms with Crippen LogP contribution in [-0.2, 0) is 28.2 Å². The number of nitrogens with zero attached hydrogens (tertiary/aromatic N) is 2. The smallest absolute Gasteiger partial charge is 0.365 e. The molecule has 1 fully saturated rings. The molecule has 210 valence electrons. The number of benzene rings is 2. The summed E-state index contributed by atoms with van der Waals surface area (Å²) >= 11 is 3.18. The van der Waals surface area contributed by atoms with Crippen LogP contribution in [0.15, 0.2) is 48.5 Å². The SMILES string of the molecule is CCCc1cc(C(OCc2ccccc2)(C(F)(F)F)C(F)(F)F)ccc1N1C[C@H](C)N(C(=O)CBr)C[C@H]1C. The van der Waals surface area contributed by atoms with E-state index in [-0.39, 0.29) is 35.3 Å². The van der Waals surface area contributed by atoms with Gasteiger partial charge in [-0.25, -0.2) is 0 Å². The first kappa shape index (κ1) is 30.3. The van der Waals surface area contributed by atoms with Gasteiger partial charge >= 0.3 is 12.4 Å². The number of aryl methyl sites for hydroxylation is 1. The lowest BCUT2D eigenvalue weighted by atomic mass is 9.88. The molecule has 11 heteroatoms. The summed E-state index contributed by atoms with van der Waals surface area (Å²) in [5.41, 5.74) is -4.40. The molecule has 2 aromatic carbocycles. The normalized spacial score (nSPS) is 19.1. The van der Waals surface area contributed by atoms with Gasteiger partial charge in [0.15, 0.2) is 0 Å². The van der Waals surface area contributed by atoms with Crippen molar-refractivity contribution in [3.8, 4) is 0 Å². The van der Waals surface area contributed by atoms with Gasteiger partial charge in [-0.05, 0) is 37.5 Å². The van der Waals surface area contributed by atoms with E-state index in [1.165, 1.54) is 30.3 Å². The molecule has 0 saturated carbocycles.